The molecule has 28 heavy (non-hydrogen) atoms. The molecule has 0 aliphatic carbocycles. The molecule has 1 aliphatic heterocycles. The van der Waals surface area contributed by atoms with Crippen LogP contribution >= 0.6 is 24.0 Å². The molecule has 148 valence electrons. The Bertz CT molecular complexity index is 914. The average molecular weight is 491 g/mol. The second kappa shape index (κ2) is 9.77. The average Bonchev–Trinajstić information content (AvgIpc) is 3.31. The molecule has 6 nitrogen and oxygen atoms in total. The Balaban J connectivity index is 0.00000225. The summed E-state index contributed by atoms with van der Waals surface area (Å²) < 4.78 is 8.15. The van der Waals surface area contributed by atoms with Crippen LogP contribution in [0.3, 0.4) is 0 Å². The summed E-state index contributed by atoms with van der Waals surface area (Å²) in [5.41, 5.74) is 3.50. The fraction of sp³-hybridized carbons (Fsp3) is 0.333. The van der Waals surface area contributed by atoms with Crippen molar-refractivity contribution in [1.82, 2.24) is 20.2 Å². The molecule has 1 unspecified atom stereocenters. The number of nitrogens with zero attached hydrogens (tertiary/aromatic N) is 3. The third kappa shape index (κ3) is 4.76. The number of imidazole rings is 1. The van der Waals surface area contributed by atoms with Gasteiger partial charge >= 0.3 is 0 Å². The van der Waals surface area contributed by atoms with Crippen LogP contribution in [0.2, 0.25) is 0 Å². The molecule has 0 bridgehead atoms. The molecule has 2 heterocycles. The Kier molecular flexibility index (Phi) is 7.13. The normalized spacial score (nSPS) is 15.6. The van der Waals surface area contributed by atoms with Gasteiger partial charge < -0.3 is 19.9 Å². The molecule has 0 saturated heterocycles. The van der Waals surface area contributed by atoms with Crippen molar-refractivity contribution >= 4 is 41.0 Å². The highest BCUT2D eigenvalue weighted by Gasteiger charge is 2.22. The summed E-state index contributed by atoms with van der Waals surface area (Å²) >= 11 is 0. The molecule has 0 amide bonds. The van der Waals surface area contributed by atoms with Gasteiger partial charge in [0.15, 0.2) is 5.96 Å². The van der Waals surface area contributed by atoms with E-state index in [2.05, 4.69) is 43.4 Å². The van der Waals surface area contributed by atoms with Crippen molar-refractivity contribution < 1.29 is 4.74 Å². The van der Waals surface area contributed by atoms with Crippen LogP contribution in [0.15, 0.2) is 59.9 Å². The number of hydrogen-bond acceptors (Lipinski definition) is 3. The number of guanidine groups is 1. The maximum absolute atomic E-state index is 5.96. The molecule has 1 aromatic heterocycles. The quantitative estimate of drug-likeness (QED) is 0.241. The van der Waals surface area contributed by atoms with Crippen LogP contribution in [0.5, 0.6) is 5.75 Å². The van der Waals surface area contributed by atoms with Crippen molar-refractivity contribution in [3.63, 3.8) is 0 Å². The van der Waals surface area contributed by atoms with Crippen LogP contribution in [0.1, 0.15) is 12.0 Å². The van der Waals surface area contributed by atoms with Crippen molar-refractivity contribution in [3.8, 4) is 5.75 Å². The van der Waals surface area contributed by atoms with Gasteiger partial charge in [-0.05, 0) is 30.2 Å². The molecular weight excluding hydrogens is 465 g/mol. The monoisotopic (exact) mass is 491 g/mol. The summed E-state index contributed by atoms with van der Waals surface area (Å²) in [6.45, 7) is 2.50. The van der Waals surface area contributed by atoms with Crippen molar-refractivity contribution in [2.75, 3.05) is 20.1 Å². The standard InChI is InChI=1S/C21H25N5O.HI/c1-22-21(24-14-17-13-16-7-2-5-10-20(16)27-17)23-11-6-12-26-15-25-18-8-3-4-9-19(18)26;/h2-5,7-10,15,17H,6,11-14H2,1H3,(H2,22,23,24);1H. The van der Waals surface area contributed by atoms with Crippen LogP contribution in [-0.2, 0) is 13.0 Å². The number of fused-ring (bicyclic) bond motifs is 2. The first kappa shape index (κ1) is 20.4. The lowest BCUT2D eigenvalue weighted by atomic mass is 10.1. The van der Waals surface area contributed by atoms with Crippen molar-refractivity contribution in [2.45, 2.75) is 25.5 Å². The topological polar surface area (TPSA) is 63.5 Å². The minimum atomic E-state index is 0. The van der Waals surface area contributed by atoms with E-state index < -0.39 is 0 Å². The Morgan fingerprint density at radius 3 is 2.86 bits per heavy atom. The number of rotatable bonds is 6. The number of aromatic nitrogens is 2. The minimum Gasteiger partial charge on any atom is -0.488 e. The van der Waals surface area contributed by atoms with E-state index in [0.29, 0.717) is 0 Å². The van der Waals surface area contributed by atoms with Gasteiger partial charge in [-0.15, -0.1) is 24.0 Å². The number of benzene rings is 2. The number of aliphatic imine (C=N–C) groups is 1. The first-order valence-corrected chi connectivity index (χ1v) is 9.42. The second-order valence-electron chi connectivity index (χ2n) is 6.71. The number of hydrogen-bond donors (Lipinski definition) is 2. The van der Waals surface area contributed by atoms with Crippen LogP contribution < -0.4 is 15.4 Å². The Hall–Kier alpha value is -2.29. The highest BCUT2D eigenvalue weighted by molar-refractivity contribution is 14.0. The van der Waals surface area contributed by atoms with E-state index >= 15 is 0 Å². The number of aryl methyl sites for hydroxylation is 1. The molecule has 4 rings (SSSR count). The van der Waals surface area contributed by atoms with Gasteiger partial charge in [-0.25, -0.2) is 4.98 Å². The van der Waals surface area contributed by atoms with Crippen molar-refractivity contribution in [3.05, 3.63) is 60.4 Å². The third-order valence-electron chi connectivity index (χ3n) is 4.83. The summed E-state index contributed by atoms with van der Waals surface area (Å²) in [6, 6.07) is 16.4. The van der Waals surface area contributed by atoms with Crippen molar-refractivity contribution in [2.24, 2.45) is 4.99 Å². The van der Waals surface area contributed by atoms with Gasteiger partial charge in [0, 0.05) is 26.6 Å². The van der Waals surface area contributed by atoms with E-state index in [1.807, 2.05) is 36.7 Å². The fourth-order valence-electron chi connectivity index (χ4n) is 3.44. The van der Waals surface area contributed by atoms with Gasteiger partial charge in [0.1, 0.15) is 11.9 Å². The summed E-state index contributed by atoms with van der Waals surface area (Å²) in [6.07, 6.45) is 3.99. The van der Waals surface area contributed by atoms with Crippen LogP contribution in [0.4, 0.5) is 0 Å². The summed E-state index contributed by atoms with van der Waals surface area (Å²) in [4.78, 5) is 8.73. The minimum absolute atomic E-state index is 0. The maximum atomic E-state index is 5.96. The molecule has 2 aromatic carbocycles. The first-order valence-electron chi connectivity index (χ1n) is 9.42. The zero-order chi connectivity index (χ0) is 18.5. The molecule has 0 spiro atoms. The van der Waals surface area contributed by atoms with E-state index in [9.17, 15) is 0 Å². The molecule has 3 aromatic rings. The maximum Gasteiger partial charge on any atom is 0.191 e. The lowest BCUT2D eigenvalue weighted by Gasteiger charge is -2.15. The molecular formula is C21H26IN5O. The highest BCUT2D eigenvalue weighted by atomic mass is 127. The lowest BCUT2D eigenvalue weighted by molar-refractivity contribution is 0.235. The molecule has 1 aliphatic rings. The number of para-hydroxylation sites is 3. The highest BCUT2D eigenvalue weighted by Crippen LogP contribution is 2.27. The summed E-state index contributed by atoms with van der Waals surface area (Å²) in [5.74, 6) is 1.81. The van der Waals surface area contributed by atoms with Gasteiger partial charge in [0.05, 0.1) is 23.9 Å². The number of nitrogens with one attached hydrogen (secondary N) is 2. The van der Waals surface area contributed by atoms with Gasteiger partial charge in [-0.1, -0.05) is 30.3 Å². The van der Waals surface area contributed by atoms with E-state index in [1.54, 1.807) is 7.05 Å². The zero-order valence-electron chi connectivity index (χ0n) is 16.0. The van der Waals surface area contributed by atoms with Crippen LogP contribution in [-0.4, -0.2) is 41.8 Å². The van der Waals surface area contributed by atoms with Gasteiger partial charge in [0.2, 0.25) is 0 Å². The predicted molar refractivity (Wildman–Crippen MR) is 124 cm³/mol. The van der Waals surface area contributed by atoms with Gasteiger partial charge in [-0.2, -0.15) is 0 Å². The van der Waals surface area contributed by atoms with Gasteiger partial charge in [0.25, 0.3) is 0 Å². The molecule has 7 heteroatoms. The van der Waals surface area contributed by atoms with Crippen molar-refractivity contribution in [1.29, 1.82) is 0 Å². The number of halogens is 1. The Morgan fingerprint density at radius 2 is 2.00 bits per heavy atom. The SMILES string of the molecule is CN=C(NCCCn1cnc2ccccc21)NCC1Cc2ccccc2O1.I. The number of ether oxygens (including phenoxy) is 1. The third-order valence-corrected chi connectivity index (χ3v) is 4.83. The first-order chi connectivity index (χ1) is 13.3. The second-order valence-corrected chi connectivity index (χ2v) is 6.71. The zero-order valence-corrected chi connectivity index (χ0v) is 18.3. The predicted octanol–water partition coefficient (Wildman–Crippen LogP) is 3.21. The summed E-state index contributed by atoms with van der Waals surface area (Å²) in [5, 5.41) is 6.74. The molecule has 2 N–H and O–H groups in total. The molecule has 1 atom stereocenters. The van der Waals surface area contributed by atoms with E-state index in [-0.39, 0.29) is 30.1 Å². The fourth-order valence-corrected chi connectivity index (χ4v) is 3.44. The van der Waals surface area contributed by atoms with Crippen LogP contribution in [0, 0.1) is 0 Å². The van der Waals surface area contributed by atoms with Gasteiger partial charge in [-0.3, -0.25) is 4.99 Å². The molecule has 0 fully saturated rings. The van der Waals surface area contributed by atoms with Crippen LogP contribution in [0.25, 0.3) is 11.0 Å². The van der Waals surface area contributed by atoms with E-state index in [1.165, 1.54) is 11.1 Å². The molecule has 0 saturated carbocycles. The lowest BCUT2D eigenvalue weighted by Crippen LogP contribution is -2.42. The Labute approximate surface area is 182 Å². The Morgan fingerprint density at radius 1 is 1.18 bits per heavy atom. The summed E-state index contributed by atoms with van der Waals surface area (Å²) in [7, 11) is 1.79. The van der Waals surface area contributed by atoms with E-state index in [4.69, 9.17) is 4.74 Å². The largest absolute Gasteiger partial charge is 0.488 e. The van der Waals surface area contributed by atoms with E-state index in [0.717, 1.165) is 49.7 Å². The smallest absolute Gasteiger partial charge is 0.191 e. The molecule has 0 radical (unpaired) electrons.